The Hall–Kier alpha value is -3.75. The van der Waals surface area contributed by atoms with Crippen LogP contribution < -0.4 is 14.8 Å². The maximum atomic E-state index is 13.3. The predicted octanol–water partition coefficient (Wildman–Crippen LogP) is 3.51. The Labute approximate surface area is 186 Å². The third-order valence-corrected chi connectivity index (χ3v) is 4.65. The number of benzene rings is 1. The lowest BCUT2D eigenvalue weighted by Crippen LogP contribution is -2.30. The quantitative estimate of drug-likeness (QED) is 0.513. The number of amides is 2. The van der Waals surface area contributed by atoms with Crippen LogP contribution in [-0.4, -0.2) is 42.6 Å². The minimum atomic E-state index is -0.322. The van der Waals surface area contributed by atoms with Crippen LogP contribution in [0.2, 0.25) is 0 Å². The molecule has 0 saturated heterocycles. The fourth-order valence-corrected chi connectivity index (χ4v) is 3.01. The van der Waals surface area contributed by atoms with E-state index in [-0.39, 0.29) is 30.6 Å². The summed E-state index contributed by atoms with van der Waals surface area (Å²) in [5.74, 6) is 1.66. The molecule has 0 aliphatic rings. The van der Waals surface area contributed by atoms with E-state index in [1.807, 2.05) is 13.8 Å². The van der Waals surface area contributed by atoms with E-state index in [4.69, 9.17) is 18.4 Å². The van der Waals surface area contributed by atoms with E-state index in [0.717, 1.165) is 0 Å². The molecule has 0 aliphatic heterocycles. The van der Waals surface area contributed by atoms with Crippen molar-refractivity contribution in [3.05, 3.63) is 65.4 Å². The van der Waals surface area contributed by atoms with Gasteiger partial charge in [-0.25, -0.2) is 0 Å². The van der Waals surface area contributed by atoms with Gasteiger partial charge in [-0.1, -0.05) is 19.0 Å². The second-order valence-corrected chi connectivity index (χ2v) is 7.59. The van der Waals surface area contributed by atoms with Crippen LogP contribution in [0.15, 0.2) is 51.6 Å². The van der Waals surface area contributed by atoms with E-state index in [1.165, 1.54) is 25.2 Å². The van der Waals surface area contributed by atoms with Crippen LogP contribution in [0.5, 0.6) is 11.5 Å². The number of nitrogens with zero attached hydrogens (tertiary/aromatic N) is 2. The molecule has 0 unspecified atom stereocenters. The molecule has 0 spiro atoms. The van der Waals surface area contributed by atoms with E-state index < -0.39 is 0 Å². The number of aromatic nitrogens is 1. The molecule has 3 rings (SSSR count). The Balaban J connectivity index is 1.81. The number of carbonyl (C=O) groups is 2. The molecule has 2 amide bonds. The molecule has 9 heteroatoms. The van der Waals surface area contributed by atoms with Gasteiger partial charge >= 0.3 is 0 Å². The lowest BCUT2D eigenvalue weighted by molar-refractivity contribution is 0.0699. The monoisotopic (exact) mass is 441 g/mol. The van der Waals surface area contributed by atoms with E-state index in [9.17, 15) is 9.59 Å². The summed E-state index contributed by atoms with van der Waals surface area (Å²) >= 11 is 0. The van der Waals surface area contributed by atoms with E-state index in [1.54, 1.807) is 36.6 Å². The molecule has 0 atom stereocenters. The smallest absolute Gasteiger partial charge is 0.273 e. The van der Waals surface area contributed by atoms with Crippen molar-refractivity contribution in [2.75, 3.05) is 20.8 Å². The Morgan fingerprint density at radius 1 is 1.06 bits per heavy atom. The van der Waals surface area contributed by atoms with Gasteiger partial charge in [0.2, 0.25) is 0 Å². The third kappa shape index (κ3) is 5.69. The minimum Gasteiger partial charge on any atom is -0.493 e. The lowest BCUT2D eigenvalue weighted by atomic mass is 10.1. The first-order valence-corrected chi connectivity index (χ1v) is 10.2. The molecule has 1 aromatic carbocycles. The Morgan fingerprint density at radius 3 is 2.47 bits per heavy atom. The summed E-state index contributed by atoms with van der Waals surface area (Å²) in [4.78, 5) is 27.1. The topological polar surface area (TPSA) is 107 Å². The number of hydrogen-bond acceptors (Lipinski definition) is 7. The third-order valence-electron chi connectivity index (χ3n) is 4.65. The summed E-state index contributed by atoms with van der Waals surface area (Å²) in [6.07, 6.45) is 1.54. The van der Waals surface area contributed by atoms with Crippen molar-refractivity contribution >= 4 is 11.8 Å². The van der Waals surface area contributed by atoms with Crippen molar-refractivity contribution < 1.29 is 28.0 Å². The number of hydrogen-bond donors (Lipinski definition) is 1. The molecule has 1 N–H and O–H groups in total. The normalized spacial score (nSPS) is 10.8. The van der Waals surface area contributed by atoms with Crippen molar-refractivity contribution in [3.63, 3.8) is 0 Å². The highest BCUT2D eigenvalue weighted by atomic mass is 16.5. The molecule has 170 valence electrons. The van der Waals surface area contributed by atoms with Crippen LogP contribution in [0.25, 0.3) is 0 Å². The molecule has 3 aromatic rings. The van der Waals surface area contributed by atoms with Crippen LogP contribution in [0.4, 0.5) is 0 Å². The molecular formula is C23H27N3O6. The van der Waals surface area contributed by atoms with E-state index >= 15 is 0 Å². The van der Waals surface area contributed by atoms with Crippen LogP contribution in [0.1, 0.15) is 46.2 Å². The van der Waals surface area contributed by atoms with Gasteiger partial charge in [-0.3, -0.25) is 9.59 Å². The van der Waals surface area contributed by atoms with Gasteiger partial charge < -0.3 is 28.6 Å². The zero-order valence-corrected chi connectivity index (χ0v) is 18.6. The number of nitrogens with one attached hydrogen (secondary N) is 1. The first-order chi connectivity index (χ1) is 15.4. The Morgan fingerprint density at radius 2 is 1.81 bits per heavy atom. The molecule has 0 radical (unpaired) electrons. The van der Waals surface area contributed by atoms with E-state index in [0.29, 0.717) is 41.0 Å². The summed E-state index contributed by atoms with van der Waals surface area (Å²) in [5.41, 5.74) is 0.570. The van der Waals surface area contributed by atoms with Crippen LogP contribution in [0, 0.1) is 5.92 Å². The lowest BCUT2D eigenvalue weighted by Gasteiger charge is -2.21. The van der Waals surface area contributed by atoms with Gasteiger partial charge in [0.15, 0.2) is 23.0 Å². The Kier molecular flexibility index (Phi) is 7.54. The summed E-state index contributed by atoms with van der Waals surface area (Å²) in [6.45, 7) is 4.83. The van der Waals surface area contributed by atoms with Crippen LogP contribution in [-0.2, 0) is 13.1 Å². The molecule has 0 aliphatic carbocycles. The van der Waals surface area contributed by atoms with Crippen molar-refractivity contribution in [2.24, 2.45) is 5.92 Å². The zero-order chi connectivity index (χ0) is 23.1. The van der Waals surface area contributed by atoms with Crippen LogP contribution in [0.3, 0.4) is 0 Å². The molecule has 2 heterocycles. The number of methoxy groups -OCH3 is 2. The van der Waals surface area contributed by atoms with Crippen molar-refractivity contribution in [2.45, 2.75) is 26.9 Å². The standard InChI is InChI=1S/C23H27N3O6/c1-15(2)12-24-22(27)19-11-18(32-25-19)14-26(13-17-6-5-9-31-17)23(28)16-7-8-20(29-3)21(10-16)30-4/h5-11,15H,12-14H2,1-4H3,(H,24,27). The number of ether oxygens (including phenoxy) is 2. The molecule has 0 saturated carbocycles. The van der Waals surface area contributed by atoms with Gasteiger partial charge in [0, 0.05) is 18.2 Å². The zero-order valence-electron chi connectivity index (χ0n) is 18.6. The van der Waals surface area contributed by atoms with Gasteiger partial charge in [0.25, 0.3) is 11.8 Å². The highest BCUT2D eigenvalue weighted by molar-refractivity contribution is 5.95. The molecule has 0 bridgehead atoms. The highest BCUT2D eigenvalue weighted by Crippen LogP contribution is 2.28. The number of carbonyl (C=O) groups excluding carboxylic acids is 2. The molecule has 0 fully saturated rings. The van der Waals surface area contributed by atoms with Crippen LogP contribution >= 0.6 is 0 Å². The summed E-state index contributed by atoms with van der Waals surface area (Å²) in [6, 6.07) is 10.0. The maximum absolute atomic E-state index is 13.3. The van der Waals surface area contributed by atoms with Gasteiger partial charge in [-0.2, -0.15) is 0 Å². The van der Waals surface area contributed by atoms with Gasteiger partial charge in [0.1, 0.15) is 5.76 Å². The minimum absolute atomic E-state index is 0.0956. The number of rotatable bonds is 10. The Bertz CT molecular complexity index is 1040. The largest absolute Gasteiger partial charge is 0.493 e. The highest BCUT2D eigenvalue weighted by Gasteiger charge is 2.22. The first-order valence-electron chi connectivity index (χ1n) is 10.2. The second-order valence-electron chi connectivity index (χ2n) is 7.59. The fraction of sp³-hybridized carbons (Fsp3) is 0.348. The maximum Gasteiger partial charge on any atom is 0.273 e. The summed E-state index contributed by atoms with van der Waals surface area (Å²) < 4.78 is 21.3. The second kappa shape index (κ2) is 10.5. The summed E-state index contributed by atoms with van der Waals surface area (Å²) in [5, 5.41) is 6.63. The molecule has 9 nitrogen and oxygen atoms in total. The SMILES string of the molecule is COc1ccc(C(=O)N(Cc2ccco2)Cc2cc(C(=O)NCC(C)C)no2)cc1OC. The first kappa shape index (κ1) is 22.9. The molecule has 32 heavy (non-hydrogen) atoms. The summed E-state index contributed by atoms with van der Waals surface area (Å²) in [7, 11) is 3.04. The van der Waals surface area contributed by atoms with Crippen molar-refractivity contribution in [3.8, 4) is 11.5 Å². The fourth-order valence-electron chi connectivity index (χ4n) is 3.01. The predicted molar refractivity (Wildman–Crippen MR) is 116 cm³/mol. The van der Waals surface area contributed by atoms with Gasteiger partial charge in [-0.15, -0.1) is 0 Å². The van der Waals surface area contributed by atoms with Gasteiger partial charge in [0.05, 0.1) is 33.6 Å². The molecular weight excluding hydrogens is 414 g/mol. The average Bonchev–Trinajstić information content (AvgIpc) is 3.48. The number of furan rings is 1. The average molecular weight is 441 g/mol. The van der Waals surface area contributed by atoms with Crippen molar-refractivity contribution in [1.29, 1.82) is 0 Å². The van der Waals surface area contributed by atoms with Gasteiger partial charge in [-0.05, 0) is 36.2 Å². The van der Waals surface area contributed by atoms with E-state index in [2.05, 4.69) is 10.5 Å². The molecule has 2 aromatic heterocycles. The van der Waals surface area contributed by atoms with Crippen molar-refractivity contribution in [1.82, 2.24) is 15.4 Å².